The summed E-state index contributed by atoms with van der Waals surface area (Å²) in [6.07, 6.45) is 6.22. The van der Waals surface area contributed by atoms with Gasteiger partial charge in [-0.15, -0.1) is 0 Å². The molecular weight excluding hydrogens is 374 g/mol. The van der Waals surface area contributed by atoms with Crippen molar-refractivity contribution >= 4 is 11.0 Å². The lowest BCUT2D eigenvalue weighted by atomic mass is 10.2. The van der Waals surface area contributed by atoms with Crippen molar-refractivity contribution in [3.8, 4) is 11.5 Å². The van der Waals surface area contributed by atoms with Crippen LogP contribution in [0.2, 0.25) is 0 Å². The number of methoxy groups -OCH3 is 1. The summed E-state index contributed by atoms with van der Waals surface area (Å²) < 4.78 is 13.6. The molecule has 5 heteroatoms. The van der Waals surface area contributed by atoms with Crippen molar-refractivity contribution in [3.05, 3.63) is 54.4 Å². The largest absolute Gasteiger partial charge is 0.497 e. The first kappa shape index (κ1) is 20.7. The summed E-state index contributed by atoms with van der Waals surface area (Å²) in [5, 5.41) is 0. The molecule has 0 N–H and O–H groups in total. The summed E-state index contributed by atoms with van der Waals surface area (Å²) >= 11 is 0. The van der Waals surface area contributed by atoms with Crippen molar-refractivity contribution in [1.29, 1.82) is 0 Å². The van der Waals surface area contributed by atoms with Gasteiger partial charge in [-0.05, 0) is 75.7 Å². The minimum absolute atomic E-state index is 0.331. The molecule has 0 bridgehead atoms. The van der Waals surface area contributed by atoms with E-state index in [2.05, 4.69) is 40.7 Å². The zero-order valence-electron chi connectivity index (χ0n) is 18.2. The average Bonchev–Trinajstić information content (AvgIpc) is 2.95. The van der Waals surface area contributed by atoms with Crippen LogP contribution in [-0.2, 0) is 6.54 Å². The molecule has 0 spiro atoms. The molecule has 1 aromatic heterocycles. The maximum absolute atomic E-state index is 5.95. The zero-order chi connectivity index (χ0) is 20.8. The van der Waals surface area contributed by atoms with Crippen LogP contribution < -0.4 is 9.47 Å². The van der Waals surface area contributed by atoms with E-state index in [0.29, 0.717) is 12.6 Å². The van der Waals surface area contributed by atoms with Gasteiger partial charge in [-0.1, -0.05) is 25.0 Å². The molecule has 2 aromatic carbocycles. The molecule has 1 fully saturated rings. The normalized spacial score (nSPS) is 16.3. The molecule has 0 amide bonds. The molecule has 1 unspecified atom stereocenters. The van der Waals surface area contributed by atoms with Gasteiger partial charge in [-0.25, -0.2) is 4.98 Å². The number of hydrogen-bond acceptors (Lipinski definition) is 4. The van der Waals surface area contributed by atoms with Gasteiger partial charge >= 0.3 is 0 Å². The van der Waals surface area contributed by atoms with Crippen molar-refractivity contribution in [2.45, 2.75) is 51.6 Å². The molecule has 160 valence electrons. The van der Waals surface area contributed by atoms with Crippen LogP contribution in [0.3, 0.4) is 0 Å². The summed E-state index contributed by atoms with van der Waals surface area (Å²) in [5.74, 6) is 2.91. The van der Waals surface area contributed by atoms with E-state index in [0.717, 1.165) is 30.0 Å². The van der Waals surface area contributed by atoms with Crippen LogP contribution in [0.4, 0.5) is 0 Å². The Morgan fingerprint density at radius 2 is 1.63 bits per heavy atom. The molecule has 4 rings (SSSR count). The number of imidazole rings is 1. The molecule has 3 aromatic rings. The Labute approximate surface area is 179 Å². The third-order valence-electron chi connectivity index (χ3n) is 6.10. The van der Waals surface area contributed by atoms with Gasteiger partial charge in [0.15, 0.2) is 0 Å². The number of nitrogens with zero attached hydrogens (tertiary/aromatic N) is 3. The highest BCUT2D eigenvalue weighted by Gasteiger charge is 2.23. The van der Waals surface area contributed by atoms with Gasteiger partial charge in [0.1, 0.15) is 17.3 Å². The highest BCUT2D eigenvalue weighted by atomic mass is 16.5. The Kier molecular flexibility index (Phi) is 6.90. The summed E-state index contributed by atoms with van der Waals surface area (Å²) in [4.78, 5) is 7.65. The second-order valence-electron chi connectivity index (χ2n) is 8.11. The summed E-state index contributed by atoms with van der Waals surface area (Å²) in [6, 6.07) is 16.6. The van der Waals surface area contributed by atoms with E-state index in [1.165, 1.54) is 50.1 Å². The second-order valence-corrected chi connectivity index (χ2v) is 8.11. The van der Waals surface area contributed by atoms with Gasteiger partial charge in [-0.2, -0.15) is 0 Å². The molecule has 0 radical (unpaired) electrons. The summed E-state index contributed by atoms with van der Waals surface area (Å²) in [5.41, 5.74) is 2.31. The van der Waals surface area contributed by atoms with Gasteiger partial charge < -0.3 is 14.0 Å². The van der Waals surface area contributed by atoms with Gasteiger partial charge in [-0.3, -0.25) is 4.90 Å². The van der Waals surface area contributed by atoms with E-state index in [9.17, 15) is 0 Å². The van der Waals surface area contributed by atoms with Crippen molar-refractivity contribution in [1.82, 2.24) is 14.5 Å². The van der Waals surface area contributed by atoms with Gasteiger partial charge in [0, 0.05) is 6.54 Å². The Morgan fingerprint density at radius 3 is 2.37 bits per heavy atom. The van der Waals surface area contributed by atoms with Gasteiger partial charge in [0.25, 0.3) is 0 Å². The lowest BCUT2D eigenvalue weighted by Crippen LogP contribution is -2.30. The third-order valence-corrected chi connectivity index (χ3v) is 6.10. The van der Waals surface area contributed by atoms with Crippen LogP contribution in [0.5, 0.6) is 11.5 Å². The van der Waals surface area contributed by atoms with E-state index < -0.39 is 0 Å². The monoisotopic (exact) mass is 407 g/mol. The molecule has 0 saturated carbocycles. The van der Waals surface area contributed by atoms with Crippen molar-refractivity contribution < 1.29 is 9.47 Å². The first-order valence-electron chi connectivity index (χ1n) is 11.2. The molecule has 2 heterocycles. The average molecular weight is 408 g/mol. The van der Waals surface area contributed by atoms with Crippen LogP contribution in [0, 0.1) is 0 Å². The first-order valence-corrected chi connectivity index (χ1v) is 11.2. The van der Waals surface area contributed by atoms with Crippen LogP contribution in [-0.4, -0.2) is 41.3 Å². The number of hydrogen-bond donors (Lipinski definition) is 0. The second kappa shape index (κ2) is 9.98. The molecule has 5 nitrogen and oxygen atoms in total. The Hall–Kier alpha value is -2.53. The quantitative estimate of drug-likeness (QED) is 0.466. The van der Waals surface area contributed by atoms with Gasteiger partial charge in [0.05, 0.1) is 30.8 Å². The lowest BCUT2D eigenvalue weighted by Gasteiger charge is -2.27. The highest BCUT2D eigenvalue weighted by molar-refractivity contribution is 5.76. The number of benzene rings is 2. The van der Waals surface area contributed by atoms with Crippen molar-refractivity contribution in [2.75, 3.05) is 26.8 Å². The SMILES string of the molecule is COc1ccc(OCCCn2c(C(C)N3CCCCCC3)nc3ccccc32)cc1. The van der Waals surface area contributed by atoms with E-state index in [-0.39, 0.29) is 0 Å². The Morgan fingerprint density at radius 1 is 0.933 bits per heavy atom. The fourth-order valence-electron chi connectivity index (χ4n) is 4.38. The van der Waals surface area contributed by atoms with Crippen molar-refractivity contribution in [2.24, 2.45) is 0 Å². The molecule has 1 aliphatic heterocycles. The predicted octanol–water partition coefficient (Wildman–Crippen LogP) is 5.45. The molecule has 30 heavy (non-hydrogen) atoms. The van der Waals surface area contributed by atoms with Crippen LogP contribution in [0.25, 0.3) is 11.0 Å². The minimum Gasteiger partial charge on any atom is -0.497 e. The van der Waals surface area contributed by atoms with Crippen LogP contribution >= 0.6 is 0 Å². The smallest absolute Gasteiger partial charge is 0.127 e. The summed E-state index contributed by atoms with van der Waals surface area (Å²) in [6.45, 7) is 6.24. The molecule has 0 aliphatic carbocycles. The number of rotatable bonds is 8. The van der Waals surface area contributed by atoms with E-state index >= 15 is 0 Å². The number of likely N-dealkylation sites (tertiary alicyclic amines) is 1. The van der Waals surface area contributed by atoms with Crippen molar-refractivity contribution in [3.63, 3.8) is 0 Å². The topological polar surface area (TPSA) is 39.5 Å². The fraction of sp³-hybridized carbons (Fsp3) is 0.480. The van der Waals surface area contributed by atoms with E-state index in [1.54, 1.807) is 7.11 Å². The number of ether oxygens (including phenoxy) is 2. The lowest BCUT2D eigenvalue weighted by molar-refractivity contribution is 0.206. The Bertz CT molecular complexity index is 927. The molecule has 1 atom stereocenters. The maximum atomic E-state index is 5.95. The standard InChI is InChI=1S/C25H33N3O2/c1-20(27-16-7-3-4-8-17-27)25-26-23-10-5-6-11-24(23)28(25)18-9-19-30-22-14-12-21(29-2)13-15-22/h5-6,10-15,20H,3-4,7-9,16-19H2,1-2H3. The number of para-hydroxylation sites is 2. The maximum Gasteiger partial charge on any atom is 0.127 e. The number of fused-ring (bicyclic) bond motifs is 1. The molecule has 1 saturated heterocycles. The number of aryl methyl sites for hydroxylation is 1. The highest BCUT2D eigenvalue weighted by Crippen LogP contribution is 2.27. The Balaban J connectivity index is 1.45. The number of aromatic nitrogens is 2. The molecule has 1 aliphatic rings. The van der Waals surface area contributed by atoms with Gasteiger partial charge in [0.2, 0.25) is 0 Å². The summed E-state index contributed by atoms with van der Waals surface area (Å²) in [7, 11) is 1.68. The van der Waals surface area contributed by atoms with Crippen LogP contribution in [0.1, 0.15) is 50.9 Å². The van der Waals surface area contributed by atoms with E-state index in [1.807, 2.05) is 24.3 Å². The molecular formula is C25H33N3O2. The fourth-order valence-corrected chi connectivity index (χ4v) is 4.38. The zero-order valence-corrected chi connectivity index (χ0v) is 18.2. The predicted molar refractivity (Wildman–Crippen MR) is 121 cm³/mol. The van der Waals surface area contributed by atoms with E-state index in [4.69, 9.17) is 14.5 Å². The third kappa shape index (κ3) is 4.78. The minimum atomic E-state index is 0.331. The van der Waals surface area contributed by atoms with Crippen LogP contribution in [0.15, 0.2) is 48.5 Å². The first-order chi connectivity index (χ1) is 14.8.